The molecule has 1 aromatic heterocycles. The number of carbonyl (C=O) groups excluding carboxylic acids is 1. The zero-order chi connectivity index (χ0) is 18.1. The van der Waals surface area contributed by atoms with Gasteiger partial charge in [0, 0.05) is 6.20 Å². The smallest absolute Gasteiger partial charge is 0.351 e. The first kappa shape index (κ1) is 18.6. The molecular formula is C13H18ClFN4O5. The molecule has 2 rings (SSSR count). The molecule has 1 fully saturated rings. The van der Waals surface area contributed by atoms with Crippen LogP contribution in [0.4, 0.5) is 10.2 Å². The number of alkyl halides is 2. The Kier molecular flexibility index (Phi) is 5.43. The predicted molar refractivity (Wildman–Crippen MR) is 82.0 cm³/mol. The molecule has 0 amide bonds. The van der Waals surface area contributed by atoms with Crippen molar-refractivity contribution in [2.24, 2.45) is 5.73 Å². The van der Waals surface area contributed by atoms with Crippen molar-refractivity contribution in [3.05, 3.63) is 22.7 Å². The molecule has 1 aromatic rings. The van der Waals surface area contributed by atoms with Crippen LogP contribution in [-0.2, 0) is 14.3 Å². The molecular weight excluding hydrogens is 347 g/mol. The number of rotatable bonds is 5. The van der Waals surface area contributed by atoms with Gasteiger partial charge in [0.05, 0.1) is 5.88 Å². The van der Waals surface area contributed by atoms with Crippen LogP contribution in [-0.4, -0.2) is 57.0 Å². The molecule has 1 aliphatic rings. The highest BCUT2D eigenvalue weighted by molar-refractivity contribution is 6.18. The minimum atomic E-state index is -2.00. The van der Waals surface area contributed by atoms with Crippen LogP contribution in [0.5, 0.6) is 0 Å². The van der Waals surface area contributed by atoms with Gasteiger partial charge in [-0.05, 0) is 13.0 Å². The van der Waals surface area contributed by atoms with Crippen LogP contribution in [0, 0.1) is 0 Å². The van der Waals surface area contributed by atoms with Crippen molar-refractivity contribution in [1.29, 1.82) is 0 Å². The van der Waals surface area contributed by atoms with E-state index in [2.05, 4.69) is 4.98 Å². The SMILES string of the molecule is C[C@H](N)C(=O)OC[C@@]1(CCl)O[C@@H](n2ccc(N)nc2=O)[C@@H](F)[C@@H]1O. The number of aliphatic hydroxyl groups is 1. The number of anilines is 1. The average Bonchev–Trinajstić information content (AvgIpc) is 2.78. The van der Waals surface area contributed by atoms with Crippen molar-refractivity contribution in [2.45, 2.75) is 37.1 Å². The molecule has 0 unspecified atom stereocenters. The maximum Gasteiger partial charge on any atom is 0.351 e. The second-order valence-electron chi connectivity index (χ2n) is 5.53. The number of nitrogens with two attached hydrogens (primary N) is 2. The second-order valence-corrected chi connectivity index (χ2v) is 5.80. The lowest BCUT2D eigenvalue weighted by Crippen LogP contribution is -2.49. The first-order valence-electron chi connectivity index (χ1n) is 7.04. The molecule has 9 nitrogen and oxygen atoms in total. The summed E-state index contributed by atoms with van der Waals surface area (Å²) in [5.41, 5.74) is 8.17. The van der Waals surface area contributed by atoms with Gasteiger partial charge in [0.1, 0.15) is 30.2 Å². The molecule has 11 heteroatoms. The summed E-state index contributed by atoms with van der Waals surface area (Å²) in [5, 5.41) is 10.2. The van der Waals surface area contributed by atoms with E-state index in [9.17, 15) is 19.1 Å². The lowest BCUT2D eigenvalue weighted by atomic mass is 9.99. The zero-order valence-electron chi connectivity index (χ0n) is 12.8. The fraction of sp³-hybridized carbons (Fsp3) is 0.615. The molecule has 0 spiro atoms. The van der Waals surface area contributed by atoms with E-state index in [4.69, 9.17) is 32.5 Å². The number of aromatic nitrogens is 2. The van der Waals surface area contributed by atoms with Gasteiger partial charge in [-0.1, -0.05) is 0 Å². The van der Waals surface area contributed by atoms with Crippen molar-refractivity contribution in [2.75, 3.05) is 18.2 Å². The average molecular weight is 365 g/mol. The van der Waals surface area contributed by atoms with Crippen LogP contribution < -0.4 is 17.2 Å². The lowest BCUT2D eigenvalue weighted by Gasteiger charge is -2.29. The first-order valence-corrected chi connectivity index (χ1v) is 7.58. The molecule has 0 aliphatic carbocycles. The minimum absolute atomic E-state index is 0.0420. The van der Waals surface area contributed by atoms with Crippen molar-refractivity contribution in [1.82, 2.24) is 9.55 Å². The minimum Gasteiger partial charge on any atom is -0.461 e. The summed E-state index contributed by atoms with van der Waals surface area (Å²) >= 11 is 5.81. The van der Waals surface area contributed by atoms with Crippen molar-refractivity contribution in [3.63, 3.8) is 0 Å². The Morgan fingerprint density at radius 3 is 2.92 bits per heavy atom. The van der Waals surface area contributed by atoms with Gasteiger partial charge in [-0.15, -0.1) is 11.6 Å². The van der Waals surface area contributed by atoms with Gasteiger partial charge in [-0.2, -0.15) is 4.98 Å². The van der Waals surface area contributed by atoms with E-state index in [1.165, 1.54) is 19.2 Å². The van der Waals surface area contributed by atoms with E-state index in [1.807, 2.05) is 0 Å². The van der Waals surface area contributed by atoms with Gasteiger partial charge < -0.3 is 26.0 Å². The highest BCUT2D eigenvalue weighted by Gasteiger charge is 2.56. The van der Waals surface area contributed by atoms with Crippen LogP contribution in [0.25, 0.3) is 0 Å². The number of nitrogen functional groups attached to an aromatic ring is 1. The van der Waals surface area contributed by atoms with E-state index >= 15 is 0 Å². The fourth-order valence-electron chi connectivity index (χ4n) is 2.24. The number of esters is 1. The molecule has 1 aliphatic heterocycles. The number of halogens is 2. The zero-order valence-corrected chi connectivity index (χ0v) is 13.5. The highest BCUT2D eigenvalue weighted by atomic mass is 35.5. The Bertz CT molecular complexity index is 672. The number of ether oxygens (including phenoxy) is 2. The molecule has 1 saturated heterocycles. The van der Waals surface area contributed by atoms with E-state index in [0.717, 1.165) is 4.57 Å². The number of nitrogens with zero attached hydrogens (tertiary/aromatic N) is 2. The second kappa shape index (κ2) is 7.01. The van der Waals surface area contributed by atoms with Gasteiger partial charge in [0.15, 0.2) is 12.4 Å². The Labute approximate surface area is 141 Å². The molecule has 0 aromatic carbocycles. The highest BCUT2D eigenvalue weighted by Crippen LogP contribution is 2.39. The largest absolute Gasteiger partial charge is 0.461 e. The van der Waals surface area contributed by atoms with Crippen LogP contribution in [0.3, 0.4) is 0 Å². The van der Waals surface area contributed by atoms with Crippen LogP contribution in [0.15, 0.2) is 17.1 Å². The third-order valence-electron chi connectivity index (χ3n) is 3.65. The standard InChI is InChI=1S/C13H18ClFN4O5/c1-6(16)11(21)23-5-13(4-14)9(20)8(15)10(24-13)19-3-2-7(17)18-12(19)22/h2-3,6,8-10,20H,4-5,16H2,1H3,(H2,17,18,22)/t6-,8-,9-,10+,13+/m0/s1. The third kappa shape index (κ3) is 3.36. The molecule has 0 radical (unpaired) electrons. The number of hydrogen-bond acceptors (Lipinski definition) is 8. The summed E-state index contributed by atoms with van der Waals surface area (Å²) in [6, 6.07) is 0.373. The topological polar surface area (TPSA) is 143 Å². The van der Waals surface area contributed by atoms with Gasteiger partial charge >= 0.3 is 11.7 Å². The Hall–Kier alpha value is -1.75. The summed E-state index contributed by atoms with van der Waals surface area (Å²) in [6.45, 7) is 0.883. The third-order valence-corrected chi connectivity index (χ3v) is 4.10. The van der Waals surface area contributed by atoms with Gasteiger partial charge in [0.2, 0.25) is 0 Å². The number of hydrogen-bond donors (Lipinski definition) is 3. The van der Waals surface area contributed by atoms with Crippen LogP contribution >= 0.6 is 11.6 Å². The summed E-state index contributed by atoms with van der Waals surface area (Å²) in [4.78, 5) is 26.8. The predicted octanol–water partition coefficient (Wildman–Crippen LogP) is -1.08. The van der Waals surface area contributed by atoms with E-state index in [1.54, 1.807) is 0 Å². The van der Waals surface area contributed by atoms with Gasteiger partial charge in [0.25, 0.3) is 0 Å². The maximum atomic E-state index is 14.5. The van der Waals surface area contributed by atoms with E-state index in [0.29, 0.717) is 0 Å². The monoisotopic (exact) mass is 364 g/mol. The van der Waals surface area contributed by atoms with Crippen LogP contribution in [0.2, 0.25) is 0 Å². The molecule has 5 atom stereocenters. The van der Waals surface area contributed by atoms with Crippen molar-refractivity contribution >= 4 is 23.4 Å². The molecule has 134 valence electrons. The molecule has 5 N–H and O–H groups in total. The van der Waals surface area contributed by atoms with Gasteiger partial charge in [-0.25, -0.2) is 9.18 Å². The Morgan fingerprint density at radius 2 is 2.38 bits per heavy atom. The van der Waals surface area contributed by atoms with E-state index in [-0.39, 0.29) is 11.7 Å². The lowest BCUT2D eigenvalue weighted by molar-refractivity contribution is -0.163. The van der Waals surface area contributed by atoms with E-state index < -0.39 is 48.4 Å². The normalized spacial score (nSPS) is 31.0. The molecule has 2 heterocycles. The quantitative estimate of drug-likeness (QED) is 0.442. The fourth-order valence-corrected chi connectivity index (χ4v) is 2.54. The molecule has 0 bridgehead atoms. The number of carbonyl (C=O) groups is 1. The molecule has 0 saturated carbocycles. The Balaban J connectivity index is 2.26. The van der Waals surface area contributed by atoms with Crippen LogP contribution in [0.1, 0.15) is 13.2 Å². The Morgan fingerprint density at radius 1 is 1.71 bits per heavy atom. The summed E-state index contributed by atoms with van der Waals surface area (Å²) < 4.78 is 25.7. The maximum absolute atomic E-state index is 14.5. The van der Waals surface area contributed by atoms with Gasteiger partial charge in [-0.3, -0.25) is 9.36 Å². The molecule has 24 heavy (non-hydrogen) atoms. The summed E-state index contributed by atoms with van der Waals surface area (Å²) in [5.74, 6) is -1.19. The first-order chi connectivity index (χ1) is 11.2. The van der Waals surface area contributed by atoms with Crippen molar-refractivity contribution in [3.8, 4) is 0 Å². The van der Waals surface area contributed by atoms with Crippen molar-refractivity contribution < 1.29 is 23.8 Å². The summed E-state index contributed by atoms with van der Waals surface area (Å²) in [7, 11) is 0. The number of aliphatic hydroxyl groups excluding tert-OH is 1. The summed E-state index contributed by atoms with van der Waals surface area (Å²) in [6.07, 6.45) is -4.04.